The highest BCUT2D eigenvalue weighted by Gasteiger charge is 2.10. The van der Waals surface area contributed by atoms with Gasteiger partial charge in [-0.25, -0.2) is 4.79 Å². The van der Waals surface area contributed by atoms with Gasteiger partial charge >= 0.3 is 5.97 Å². The molecule has 3 rings (SSSR count). The van der Waals surface area contributed by atoms with Crippen LogP contribution in [0.25, 0.3) is 0 Å². The van der Waals surface area contributed by atoms with Crippen molar-refractivity contribution in [1.29, 1.82) is 0 Å². The number of nitrogens with zero attached hydrogens (tertiary/aromatic N) is 1. The summed E-state index contributed by atoms with van der Waals surface area (Å²) < 4.78 is 10.8. The standard InChI is InChI=1S/C23H20ClNO4/c1-2-13-28-20-10-3-16(4-11-20)23(27)29-21-12-5-17(22(26)14-21)15-25-19-8-6-18(24)7-9-19/h3-12,14-15,26H,2,13H2,1H3. The van der Waals surface area contributed by atoms with Crippen molar-refractivity contribution < 1.29 is 19.4 Å². The van der Waals surface area contributed by atoms with Gasteiger partial charge in [0.05, 0.1) is 17.9 Å². The molecule has 0 aromatic heterocycles. The van der Waals surface area contributed by atoms with E-state index in [-0.39, 0.29) is 11.5 Å². The first kappa shape index (κ1) is 20.4. The molecule has 0 aliphatic carbocycles. The molecule has 6 heteroatoms. The zero-order chi connectivity index (χ0) is 20.6. The highest BCUT2D eigenvalue weighted by atomic mass is 35.5. The molecule has 148 valence electrons. The molecule has 3 aromatic carbocycles. The quantitative estimate of drug-likeness (QED) is 0.304. The number of ether oxygens (including phenoxy) is 2. The molecule has 0 heterocycles. The molecule has 3 aromatic rings. The molecule has 0 saturated carbocycles. The Morgan fingerprint density at radius 1 is 1.03 bits per heavy atom. The van der Waals surface area contributed by atoms with Gasteiger partial charge in [-0.3, -0.25) is 4.99 Å². The van der Waals surface area contributed by atoms with Crippen molar-refractivity contribution in [3.05, 3.63) is 82.9 Å². The summed E-state index contributed by atoms with van der Waals surface area (Å²) in [6.07, 6.45) is 2.44. The van der Waals surface area contributed by atoms with Crippen LogP contribution in [0.5, 0.6) is 17.2 Å². The van der Waals surface area contributed by atoms with E-state index in [1.54, 1.807) is 60.7 Å². The van der Waals surface area contributed by atoms with Crippen molar-refractivity contribution in [2.24, 2.45) is 4.99 Å². The predicted molar refractivity (Wildman–Crippen MR) is 114 cm³/mol. The number of aliphatic imine (C=N–C) groups is 1. The Balaban J connectivity index is 1.65. The summed E-state index contributed by atoms with van der Waals surface area (Å²) in [6.45, 7) is 2.65. The third-order valence-electron chi connectivity index (χ3n) is 3.95. The largest absolute Gasteiger partial charge is 0.507 e. The van der Waals surface area contributed by atoms with Crippen LogP contribution in [-0.4, -0.2) is 23.9 Å². The summed E-state index contributed by atoms with van der Waals surface area (Å²) in [7, 11) is 0. The summed E-state index contributed by atoms with van der Waals surface area (Å²) in [5.41, 5.74) is 1.59. The van der Waals surface area contributed by atoms with Gasteiger partial charge in [-0.1, -0.05) is 18.5 Å². The maximum atomic E-state index is 12.3. The summed E-state index contributed by atoms with van der Waals surface area (Å²) in [4.78, 5) is 16.6. The number of esters is 1. The van der Waals surface area contributed by atoms with E-state index in [9.17, 15) is 9.90 Å². The molecule has 1 N–H and O–H groups in total. The van der Waals surface area contributed by atoms with E-state index in [0.29, 0.717) is 34.2 Å². The summed E-state index contributed by atoms with van der Waals surface area (Å²) >= 11 is 5.85. The van der Waals surface area contributed by atoms with Crippen molar-refractivity contribution >= 4 is 29.5 Å². The van der Waals surface area contributed by atoms with E-state index < -0.39 is 5.97 Å². The molecule has 0 radical (unpaired) electrons. The van der Waals surface area contributed by atoms with Crippen LogP contribution in [0.15, 0.2) is 71.7 Å². The number of aromatic hydroxyl groups is 1. The Bertz CT molecular complexity index is 998. The fourth-order valence-electron chi connectivity index (χ4n) is 2.44. The minimum absolute atomic E-state index is 0.0451. The molecule has 0 aliphatic rings. The number of halogens is 1. The Morgan fingerprint density at radius 2 is 1.72 bits per heavy atom. The molecule has 0 spiro atoms. The van der Waals surface area contributed by atoms with Crippen molar-refractivity contribution in [2.45, 2.75) is 13.3 Å². The van der Waals surface area contributed by atoms with Crippen LogP contribution < -0.4 is 9.47 Å². The van der Waals surface area contributed by atoms with E-state index in [1.165, 1.54) is 12.3 Å². The van der Waals surface area contributed by atoms with Crippen molar-refractivity contribution in [2.75, 3.05) is 6.61 Å². The topological polar surface area (TPSA) is 68.1 Å². The number of phenols is 1. The highest BCUT2D eigenvalue weighted by Crippen LogP contribution is 2.24. The number of rotatable bonds is 7. The lowest BCUT2D eigenvalue weighted by molar-refractivity contribution is 0.0734. The minimum Gasteiger partial charge on any atom is -0.507 e. The lowest BCUT2D eigenvalue weighted by atomic mass is 10.2. The van der Waals surface area contributed by atoms with E-state index >= 15 is 0 Å². The highest BCUT2D eigenvalue weighted by molar-refractivity contribution is 6.30. The maximum Gasteiger partial charge on any atom is 0.343 e. The van der Waals surface area contributed by atoms with E-state index in [1.807, 2.05) is 6.92 Å². The molecule has 0 bridgehead atoms. The third-order valence-corrected chi connectivity index (χ3v) is 4.21. The first-order valence-electron chi connectivity index (χ1n) is 9.13. The Kier molecular flexibility index (Phi) is 6.87. The van der Waals surface area contributed by atoms with Gasteiger partial charge in [0.1, 0.15) is 17.2 Å². The Labute approximate surface area is 174 Å². The molecule has 0 saturated heterocycles. The smallest absolute Gasteiger partial charge is 0.343 e. The zero-order valence-corrected chi connectivity index (χ0v) is 16.6. The first-order valence-corrected chi connectivity index (χ1v) is 9.50. The van der Waals surface area contributed by atoms with Crippen molar-refractivity contribution in [1.82, 2.24) is 0 Å². The Morgan fingerprint density at radius 3 is 2.38 bits per heavy atom. The molecule has 5 nitrogen and oxygen atoms in total. The molecule has 0 amide bonds. The molecular formula is C23H20ClNO4. The van der Waals surface area contributed by atoms with Crippen LogP contribution >= 0.6 is 11.6 Å². The van der Waals surface area contributed by atoms with Crippen LogP contribution in [0.4, 0.5) is 5.69 Å². The second-order valence-electron chi connectivity index (χ2n) is 6.22. The number of hydrogen-bond acceptors (Lipinski definition) is 5. The van der Waals surface area contributed by atoms with Crippen molar-refractivity contribution in [3.63, 3.8) is 0 Å². The van der Waals surface area contributed by atoms with Crippen LogP contribution in [0, 0.1) is 0 Å². The number of phenolic OH excluding ortho intramolecular Hbond substituents is 1. The molecule has 0 aliphatic heterocycles. The van der Waals surface area contributed by atoms with Crippen LogP contribution in [-0.2, 0) is 0 Å². The van der Waals surface area contributed by atoms with Gasteiger partial charge in [0.2, 0.25) is 0 Å². The SMILES string of the molecule is CCCOc1ccc(C(=O)Oc2ccc(C=Nc3ccc(Cl)cc3)c(O)c2)cc1. The molecule has 0 fully saturated rings. The second-order valence-corrected chi connectivity index (χ2v) is 6.65. The van der Waals surface area contributed by atoms with Gasteiger partial charge in [-0.05, 0) is 67.1 Å². The normalized spacial score (nSPS) is 10.8. The first-order chi connectivity index (χ1) is 14.0. The zero-order valence-electron chi connectivity index (χ0n) is 15.8. The van der Waals surface area contributed by atoms with Crippen LogP contribution in [0.1, 0.15) is 29.3 Å². The summed E-state index contributed by atoms with van der Waals surface area (Å²) in [5.74, 6) is 0.373. The maximum absolute atomic E-state index is 12.3. The van der Waals surface area contributed by atoms with Gasteiger partial charge in [0, 0.05) is 22.9 Å². The fourth-order valence-corrected chi connectivity index (χ4v) is 2.57. The van der Waals surface area contributed by atoms with Crippen molar-refractivity contribution in [3.8, 4) is 17.2 Å². The van der Waals surface area contributed by atoms with Gasteiger partial charge in [0.15, 0.2) is 0 Å². The molecule has 0 unspecified atom stereocenters. The predicted octanol–water partition coefficient (Wildman–Crippen LogP) is 5.80. The number of carbonyl (C=O) groups is 1. The average molecular weight is 410 g/mol. The molecule has 0 atom stereocenters. The van der Waals surface area contributed by atoms with Gasteiger partial charge in [0.25, 0.3) is 0 Å². The second kappa shape index (κ2) is 9.75. The Hall–Kier alpha value is -3.31. The average Bonchev–Trinajstić information content (AvgIpc) is 2.73. The summed E-state index contributed by atoms with van der Waals surface area (Å²) in [5, 5.41) is 10.8. The van der Waals surface area contributed by atoms with E-state index in [2.05, 4.69) is 4.99 Å². The number of hydrogen-bond donors (Lipinski definition) is 1. The fraction of sp³-hybridized carbons (Fsp3) is 0.130. The van der Waals surface area contributed by atoms with Crippen LogP contribution in [0.3, 0.4) is 0 Å². The lowest BCUT2D eigenvalue weighted by Gasteiger charge is -2.08. The van der Waals surface area contributed by atoms with Gasteiger partial charge in [-0.2, -0.15) is 0 Å². The molecular weight excluding hydrogens is 390 g/mol. The number of benzene rings is 3. The minimum atomic E-state index is -0.519. The third kappa shape index (κ3) is 5.83. The monoisotopic (exact) mass is 409 g/mol. The van der Waals surface area contributed by atoms with E-state index in [0.717, 1.165) is 6.42 Å². The number of carbonyl (C=O) groups excluding carboxylic acids is 1. The molecule has 29 heavy (non-hydrogen) atoms. The van der Waals surface area contributed by atoms with Crippen LogP contribution in [0.2, 0.25) is 5.02 Å². The summed E-state index contributed by atoms with van der Waals surface area (Å²) in [6, 6.07) is 18.3. The lowest BCUT2D eigenvalue weighted by Crippen LogP contribution is -2.08. The van der Waals surface area contributed by atoms with E-state index in [4.69, 9.17) is 21.1 Å². The van der Waals surface area contributed by atoms with Gasteiger partial charge in [-0.15, -0.1) is 0 Å². The van der Waals surface area contributed by atoms with Gasteiger partial charge < -0.3 is 14.6 Å².